The van der Waals surface area contributed by atoms with Crippen LogP contribution in [-0.4, -0.2) is 12.1 Å². The minimum atomic E-state index is 0.463. The summed E-state index contributed by atoms with van der Waals surface area (Å²) in [5, 5.41) is 0. The summed E-state index contributed by atoms with van der Waals surface area (Å²) in [6.45, 7) is 1.94. The molecule has 1 aromatic heterocycles. The van der Waals surface area contributed by atoms with E-state index in [1.54, 1.807) is 25.3 Å². The third kappa shape index (κ3) is 2.47. The van der Waals surface area contributed by atoms with E-state index in [0.29, 0.717) is 23.2 Å². The van der Waals surface area contributed by atoms with Crippen molar-refractivity contribution in [2.75, 3.05) is 12.8 Å². The van der Waals surface area contributed by atoms with Crippen molar-refractivity contribution in [3.05, 3.63) is 42.0 Å². The fraction of sp³-hybridized carbons (Fsp3) is 0.154. The standard InChI is InChI=1S/C13H14N2O2/c1-9-5-3-6-10(14)13(9)17-12-8-4-7-11(15-12)16-2/h3-8H,14H2,1-2H3. The first kappa shape index (κ1) is 11.3. The Bertz CT molecular complexity index is 506. The van der Waals surface area contributed by atoms with Crippen molar-refractivity contribution in [2.45, 2.75) is 6.92 Å². The monoisotopic (exact) mass is 230 g/mol. The third-order valence-electron chi connectivity index (χ3n) is 2.36. The smallest absolute Gasteiger partial charge is 0.222 e. The number of nitrogen functional groups attached to an aromatic ring is 1. The van der Waals surface area contributed by atoms with Gasteiger partial charge in [-0.1, -0.05) is 18.2 Å². The van der Waals surface area contributed by atoms with Crippen LogP contribution >= 0.6 is 0 Å². The molecule has 0 spiro atoms. The average Bonchev–Trinajstić information content (AvgIpc) is 2.34. The Kier molecular flexibility index (Phi) is 3.14. The zero-order valence-electron chi connectivity index (χ0n) is 9.81. The molecular weight excluding hydrogens is 216 g/mol. The number of pyridine rings is 1. The zero-order valence-corrected chi connectivity index (χ0v) is 9.81. The van der Waals surface area contributed by atoms with Crippen molar-refractivity contribution < 1.29 is 9.47 Å². The number of anilines is 1. The molecule has 4 nitrogen and oxygen atoms in total. The van der Waals surface area contributed by atoms with E-state index in [9.17, 15) is 0 Å². The van der Waals surface area contributed by atoms with Gasteiger partial charge in [-0.3, -0.25) is 0 Å². The van der Waals surface area contributed by atoms with E-state index in [2.05, 4.69) is 4.98 Å². The van der Waals surface area contributed by atoms with Crippen LogP contribution in [0.4, 0.5) is 5.69 Å². The van der Waals surface area contributed by atoms with Gasteiger partial charge in [0.1, 0.15) is 0 Å². The second-order valence-corrected chi connectivity index (χ2v) is 3.61. The van der Waals surface area contributed by atoms with Crippen LogP contribution in [0.25, 0.3) is 0 Å². The summed E-state index contributed by atoms with van der Waals surface area (Å²) in [5.74, 6) is 1.60. The van der Waals surface area contributed by atoms with Crippen LogP contribution in [0.1, 0.15) is 5.56 Å². The lowest BCUT2D eigenvalue weighted by molar-refractivity contribution is 0.383. The lowest BCUT2D eigenvalue weighted by Gasteiger charge is -2.10. The molecule has 88 valence electrons. The van der Waals surface area contributed by atoms with E-state index >= 15 is 0 Å². The van der Waals surface area contributed by atoms with Crippen LogP contribution < -0.4 is 15.2 Å². The van der Waals surface area contributed by atoms with Gasteiger partial charge in [-0.25, -0.2) is 0 Å². The van der Waals surface area contributed by atoms with Crippen molar-refractivity contribution in [3.8, 4) is 17.5 Å². The molecule has 4 heteroatoms. The molecule has 2 N–H and O–H groups in total. The molecule has 0 aliphatic rings. The number of hydrogen-bond donors (Lipinski definition) is 1. The molecule has 2 aromatic rings. The molecular formula is C13H14N2O2. The highest BCUT2D eigenvalue weighted by atomic mass is 16.5. The highest BCUT2D eigenvalue weighted by Gasteiger charge is 2.06. The van der Waals surface area contributed by atoms with Gasteiger partial charge in [-0.15, -0.1) is 0 Å². The predicted octanol–water partition coefficient (Wildman–Crippen LogP) is 2.77. The van der Waals surface area contributed by atoms with Gasteiger partial charge in [0.05, 0.1) is 12.8 Å². The van der Waals surface area contributed by atoms with Gasteiger partial charge >= 0.3 is 0 Å². The average molecular weight is 230 g/mol. The Labute approximate surface area is 100 Å². The van der Waals surface area contributed by atoms with Gasteiger partial charge in [0.15, 0.2) is 5.75 Å². The van der Waals surface area contributed by atoms with Gasteiger partial charge in [0.2, 0.25) is 11.8 Å². The number of para-hydroxylation sites is 1. The van der Waals surface area contributed by atoms with Crippen molar-refractivity contribution in [1.29, 1.82) is 0 Å². The Morgan fingerprint density at radius 1 is 1.06 bits per heavy atom. The van der Waals surface area contributed by atoms with Crippen molar-refractivity contribution >= 4 is 5.69 Å². The molecule has 0 saturated carbocycles. The number of rotatable bonds is 3. The quantitative estimate of drug-likeness (QED) is 0.824. The van der Waals surface area contributed by atoms with Gasteiger partial charge in [-0.05, 0) is 18.6 Å². The summed E-state index contributed by atoms with van der Waals surface area (Å²) in [6.07, 6.45) is 0. The molecule has 1 heterocycles. The lowest BCUT2D eigenvalue weighted by Crippen LogP contribution is -1.96. The predicted molar refractivity (Wildman–Crippen MR) is 66.5 cm³/mol. The molecule has 0 atom stereocenters. The zero-order chi connectivity index (χ0) is 12.3. The van der Waals surface area contributed by atoms with E-state index < -0.39 is 0 Å². The van der Waals surface area contributed by atoms with Gasteiger partial charge in [0.25, 0.3) is 0 Å². The molecule has 0 aliphatic heterocycles. The largest absolute Gasteiger partial charge is 0.481 e. The molecule has 0 bridgehead atoms. The summed E-state index contributed by atoms with van der Waals surface area (Å²) in [4.78, 5) is 4.17. The second-order valence-electron chi connectivity index (χ2n) is 3.61. The molecule has 0 radical (unpaired) electrons. The van der Waals surface area contributed by atoms with Crippen molar-refractivity contribution in [2.24, 2.45) is 0 Å². The molecule has 0 fully saturated rings. The molecule has 2 rings (SSSR count). The summed E-state index contributed by atoms with van der Waals surface area (Å²) in [6, 6.07) is 10.9. The maximum absolute atomic E-state index is 5.86. The highest BCUT2D eigenvalue weighted by molar-refractivity contribution is 5.57. The summed E-state index contributed by atoms with van der Waals surface area (Å²) >= 11 is 0. The first-order valence-corrected chi connectivity index (χ1v) is 5.24. The van der Waals surface area contributed by atoms with Crippen LogP contribution in [0, 0.1) is 6.92 Å². The summed E-state index contributed by atoms with van der Waals surface area (Å²) in [7, 11) is 1.56. The Morgan fingerprint density at radius 2 is 1.76 bits per heavy atom. The van der Waals surface area contributed by atoms with E-state index in [4.69, 9.17) is 15.2 Å². The number of aromatic nitrogens is 1. The van der Waals surface area contributed by atoms with E-state index in [1.165, 1.54) is 0 Å². The van der Waals surface area contributed by atoms with E-state index in [1.807, 2.05) is 25.1 Å². The topological polar surface area (TPSA) is 57.4 Å². The SMILES string of the molecule is COc1cccc(Oc2c(C)cccc2N)n1. The van der Waals surface area contributed by atoms with Crippen LogP contribution in [-0.2, 0) is 0 Å². The Hall–Kier alpha value is -2.23. The summed E-state index contributed by atoms with van der Waals surface area (Å²) in [5.41, 5.74) is 7.42. The fourth-order valence-corrected chi connectivity index (χ4v) is 1.49. The molecule has 17 heavy (non-hydrogen) atoms. The lowest BCUT2D eigenvalue weighted by atomic mass is 10.2. The minimum Gasteiger partial charge on any atom is -0.481 e. The molecule has 1 aromatic carbocycles. The molecule has 0 aliphatic carbocycles. The highest BCUT2D eigenvalue weighted by Crippen LogP contribution is 2.30. The maximum atomic E-state index is 5.86. The fourth-order valence-electron chi connectivity index (χ4n) is 1.49. The minimum absolute atomic E-state index is 0.463. The third-order valence-corrected chi connectivity index (χ3v) is 2.36. The molecule has 0 amide bonds. The number of ether oxygens (including phenoxy) is 2. The van der Waals surface area contributed by atoms with Crippen LogP contribution in [0.5, 0.6) is 17.5 Å². The van der Waals surface area contributed by atoms with Gasteiger partial charge in [0, 0.05) is 12.1 Å². The normalized spacial score (nSPS) is 10.0. The van der Waals surface area contributed by atoms with E-state index in [0.717, 1.165) is 5.56 Å². The number of hydrogen-bond acceptors (Lipinski definition) is 4. The van der Waals surface area contributed by atoms with Gasteiger partial charge in [-0.2, -0.15) is 4.98 Å². The van der Waals surface area contributed by atoms with Crippen LogP contribution in [0.3, 0.4) is 0 Å². The molecule has 0 unspecified atom stereocenters. The number of methoxy groups -OCH3 is 1. The second kappa shape index (κ2) is 4.74. The van der Waals surface area contributed by atoms with Crippen LogP contribution in [0.15, 0.2) is 36.4 Å². The van der Waals surface area contributed by atoms with Crippen molar-refractivity contribution in [3.63, 3.8) is 0 Å². The van der Waals surface area contributed by atoms with E-state index in [-0.39, 0.29) is 0 Å². The number of nitrogens with two attached hydrogens (primary N) is 1. The number of aryl methyl sites for hydroxylation is 1. The van der Waals surface area contributed by atoms with Gasteiger partial charge < -0.3 is 15.2 Å². The first-order valence-electron chi connectivity index (χ1n) is 5.24. The Balaban J connectivity index is 2.31. The maximum Gasteiger partial charge on any atom is 0.222 e. The summed E-state index contributed by atoms with van der Waals surface area (Å²) < 4.78 is 10.7. The van der Waals surface area contributed by atoms with Crippen molar-refractivity contribution in [1.82, 2.24) is 4.98 Å². The first-order chi connectivity index (χ1) is 8.20. The molecule has 0 saturated heterocycles. The van der Waals surface area contributed by atoms with Crippen LogP contribution in [0.2, 0.25) is 0 Å². The Morgan fingerprint density at radius 3 is 2.47 bits per heavy atom. The number of nitrogens with zero attached hydrogens (tertiary/aromatic N) is 1. The number of benzene rings is 1.